The number of aryl methyl sites for hydroxylation is 1. The van der Waals surface area contributed by atoms with Gasteiger partial charge >= 0.3 is 0 Å². The van der Waals surface area contributed by atoms with Crippen LogP contribution in [0.5, 0.6) is 0 Å². The molecule has 0 heterocycles. The van der Waals surface area contributed by atoms with E-state index >= 15 is 0 Å². The number of hydrogen-bond donors (Lipinski definition) is 2. The summed E-state index contributed by atoms with van der Waals surface area (Å²) in [6.45, 7) is 1.28. The second kappa shape index (κ2) is 6.33. The molecule has 0 radical (unpaired) electrons. The van der Waals surface area contributed by atoms with Crippen LogP contribution in [0, 0.1) is 18.6 Å². The van der Waals surface area contributed by atoms with Crippen molar-refractivity contribution in [3.63, 3.8) is 0 Å². The van der Waals surface area contributed by atoms with Gasteiger partial charge < -0.3 is 10.2 Å². The van der Waals surface area contributed by atoms with Crippen LogP contribution in [0.1, 0.15) is 16.7 Å². The number of aliphatic hydroxyl groups excluding tert-OH is 2. The minimum Gasteiger partial charge on any atom is -0.395 e. The van der Waals surface area contributed by atoms with Crippen molar-refractivity contribution >= 4 is 0 Å². The Hall–Kier alpha value is -1.78. The molecule has 112 valence electrons. The van der Waals surface area contributed by atoms with Gasteiger partial charge in [0.15, 0.2) is 0 Å². The molecule has 0 spiro atoms. The molecule has 2 N–H and O–H groups in total. The lowest BCUT2D eigenvalue weighted by atomic mass is 9.76. The van der Waals surface area contributed by atoms with Crippen LogP contribution in [0.25, 0.3) is 0 Å². The van der Waals surface area contributed by atoms with Gasteiger partial charge in [-0.05, 0) is 36.6 Å². The Kier molecular flexibility index (Phi) is 4.70. The van der Waals surface area contributed by atoms with Gasteiger partial charge in [0.05, 0.1) is 13.2 Å². The molecule has 4 heteroatoms. The summed E-state index contributed by atoms with van der Waals surface area (Å²) in [6.07, 6.45) is 0.151. The van der Waals surface area contributed by atoms with Crippen molar-refractivity contribution in [3.05, 3.63) is 70.8 Å². The first-order valence-electron chi connectivity index (χ1n) is 6.73. The largest absolute Gasteiger partial charge is 0.395 e. The summed E-state index contributed by atoms with van der Waals surface area (Å²) in [4.78, 5) is 0. The topological polar surface area (TPSA) is 40.5 Å². The van der Waals surface area contributed by atoms with E-state index in [9.17, 15) is 19.0 Å². The molecule has 0 bridgehead atoms. The Labute approximate surface area is 122 Å². The van der Waals surface area contributed by atoms with Crippen LogP contribution >= 0.6 is 0 Å². The number of benzene rings is 2. The molecule has 0 saturated carbocycles. The maximum Gasteiger partial charge on any atom is 0.126 e. The highest BCUT2D eigenvalue weighted by Gasteiger charge is 2.31. The molecule has 2 aromatic rings. The third-order valence-corrected chi connectivity index (χ3v) is 3.70. The molecule has 21 heavy (non-hydrogen) atoms. The van der Waals surface area contributed by atoms with Crippen LogP contribution in [0.15, 0.2) is 42.5 Å². The van der Waals surface area contributed by atoms with Gasteiger partial charge in [0.25, 0.3) is 0 Å². The van der Waals surface area contributed by atoms with Crippen LogP contribution < -0.4 is 0 Å². The minimum atomic E-state index is -0.966. The average molecular weight is 292 g/mol. The Balaban J connectivity index is 2.42. The molecular formula is C17H18F2O2. The van der Waals surface area contributed by atoms with E-state index in [-0.39, 0.29) is 19.6 Å². The van der Waals surface area contributed by atoms with Crippen LogP contribution in [0.3, 0.4) is 0 Å². The standard InChI is InChI=1S/C17H18F2O2/c1-12-3-2-4-14(5-12)17(10-20,11-21)9-13-6-15(18)8-16(19)7-13/h2-8,20-21H,9-11H2,1H3. The van der Waals surface area contributed by atoms with Gasteiger partial charge in [-0.2, -0.15) is 0 Å². The maximum atomic E-state index is 13.3. The number of halogens is 2. The number of hydrogen-bond acceptors (Lipinski definition) is 2. The molecule has 0 fully saturated rings. The highest BCUT2D eigenvalue weighted by atomic mass is 19.1. The van der Waals surface area contributed by atoms with Gasteiger partial charge in [-0.15, -0.1) is 0 Å². The summed E-state index contributed by atoms with van der Waals surface area (Å²) < 4.78 is 26.6. The van der Waals surface area contributed by atoms with Gasteiger partial charge in [-0.25, -0.2) is 8.78 Å². The summed E-state index contributed by atoms with van der Waals surface area (Å²) in [7, 11) is 0. The predicted molar refractivity (Wildman–Crippen MR) is 77.1 cm³/mol. The lowest BCUT2D eigenvalue weighted by Gasteiger charge is -2.31. The first-order valence-corrected chi connectivity index (χ1v) is 6.73. The molecule has 0 amide bonds. The van der Waals surface area contributed by atoms with Gasteiger partial charge in [0, 0.05) is 11.5 Å². The fourth-order valence-electron chi connectivity index (χ4n) is 2.53. The second-order valence-electron chi connectivity index (χ2n) is 5.42. The van der Waals surface area contributed by atoms with Crippen LogP contribution in [0.2, 0.25) is 0 Å². The monoisotopic (exact) mass is 292 g/mol. The average Bonchev–Trinajstić information content (AvgIpc) is 2.44. The summed E-state index contributed by atoms with van der Waals surface area (Å²) in [5.74, 6) is -1.34. The van der Waals surface area contributed by atoms with E-state index in [1.165, 1.54) is 12.1 Å². The Morgan fingerprint density at radius 2 is 1.57 bits per heavy atom. The van der Waals surface area contributed by atoms with Crippen LogP contribution in [-0.4, -0.2) is 23.4 Å². The van der Waals surface area contributed by atoms with Crippen LogP contribution in [0.4, 0.5) is 8.78 Å². The lowest BCUT2D eigenvalue weighted by Crippen LogP contribution is -2.37. The van der Waals surface area contributed by atoms with E-state index in [1.807, 2.05) is 25.1 Å². The highest BCUT2D eigenvalue weighted by Crippen LogP contribution is 2.29. The van der Waals surface area contributed by atoms with Crippen molar-refractivity contribution in [2.24, 2.45) is 0 Å². The van der Waals surface area contributed by atoms with E-state index < -0.39 is 17.0 Å². The first kappa shape index (κ1) is 15.6. The van der Waals surface area contributed by atoms with Crippen molar-refractivity contribution in [1.29, 1.82) is 0 Å². The summed E-state index contributed by atoms with van der Waals surface area (Å²) >= 11 is 0. The molecule has 0 atom stereocenters. The van der Waals surface area contributed by atoms with Crippen molar-refractivity contribution in [2.75, 3.05) is 13.2 Å². The van der Waals surface area contributed by atoms with Crippen molar-refractivity contribution in [1.82, 2.24) is 0 Å². The second-order valence-corrected chi connectivity index (χ2v) is 5.42. The summed E-state index contributed by atoms with van der Waals surface area (Å²) in [6, 6.07) is 10.6. The Morgan fingerprint density at radius 1 is 0.952 bits per heavy atom. The molecule has 0 saturated heterocycles. The molecular weight excluding hydrogens is 274 g/mol. The molecule has 2 rings (SSSR count). The highest BCUT2D eigenvalue weighted by molar-refractivity contribution is 5.33. The zero-order valence-electron chi connectivity index (χ0n) is 11.8. The summed E-state index contributed by atoms with van der Waals surface area (Å²) in [5, 5.41) is 19.5. The Morgan fingerprint density at radius 3 is 2.10 bits per heavy atom. The van der Waals surface area contributed by atoms with Gasteiger partial charge in [0.1, 0.15) is 11.6 Å². The third-order valence-electron chi connectivity index (χ3n) is 3.70. The molecule has 2 nitrogen and oxygen atoms in total. The van der Waals surface area contributed by atoms with E-state index in [2.05, 4.69) is 0 Å². The molecule has 0 aliphatic heterocycles. The molecule has 0 aliphatic rings. The first-order chi connectivity index (χ1) is 9.99. The molecule has 0 unspecified atom stereocenters. The smallest absolute Gasteiger partial charge is 0.126 e. The van der Waals surface area contributed by atoms with Gasteiger partial charge in [0.2, 0.25) is 0 Å². The molecule has 0 aliphatic carbocycles. The van der Waals surface area contributed by atoms with Crippen molar-refractivity contribution in [3.8, 4) is 0 Å². The third kappa shape index (κ3) is 3.46. The zero-order valence-corrected chi connectivity index (χ0v) is 11.8. The SMILES string of the molecule is Cc1cccc(C(CO)(CO)Cc2cc(F)cc(F)c2)c1. The van der Waals surface area contributed by atoms with Gasteiger partial charge in [-0.3, -0.25) is 0 Å². The van der Waals surface area contributed by atoms with E-state index in [1.54, 1.807) is 6.07 Å². The fraction of sp³-hybridized carbons (Fsp3) is 0.294. The molecule has 2 aromatic carbocycles. The quantitative estimate of drug-likeness (QED) is 0.889. The van der Waals surface area contributed by atoms with E-state index in [4.69, 9.17) is 0 Å². The predicted octanol–water partition coefficient (Wildman–Crippen LogP) is 2.74. The van der Waals surface area contributed by atoms with Gasteiger partial charge in [-0.1, -0.05) is 29.8 Å². The van der Waals surface area contributed by atoms with E-state index in [0.717, 1.165) is 17.2 Å². The van der Waals surface area contributed by atoms with Crippen molar-refractivity contribution in [2.45, 2.75) is 18.8 Å². The van der Waals surface area contributed by atoms with E-state index in [0.29, 0.717) is 5.56 Å². The lowest BCUT2D eigenvalue weighted by molar-refractivity contribution is 0.116. The maximum absolute atomic E-state index is 13.3. The molecule has 0 aromatic heterocycles. The number of rotatable bonds is 5. The summed E-state index contributed by atoms with van der Waals surface area (Å²) in [5.41, 5.74) is 1.17. The normalized spacial score (nSPS) is 11.7. The number of aliphatic hydroxyl groups is 2. The minimum absolute atomic E-state index is 0.151. The van der Waals surface area contributed by atoms with Crippen molar-refractivity contribution < 1.29 is 19.0 Å². The fourth-order valence-corrected chi connectivity index (χ4v) is 2.53. The van der Waals surface area contributed by atoms with Crippen LogP contribution in [-0.2, 0) is 11.8 Å². The Bertz CT molecular complexity index is 602. The zero-order chi connectivity index (χ0) is 15.5.